The van der Waals surface area contributed by atoms with Gasteiger partial charge in [-0.1, -0.05) is 15.9 Å². The molecule has 0 atom stereocenters. The molecule has 0 radical (unpaired) electrons. The van der Waals surface area contributed by atoms with Crippen molar-refractivity contribution in [3.8, 4) is 0 Å². The second-order valence-electron chi connectivity index (χ2n) is 3.20. The maximum absolute atomic E-state index is 12.2. The molecule has 17 heavy (non-hydrogen) atoms. The van der Waals surface area contributed by atoms with Crippen LogP contribution in [0.3, 0.4) is 0 Å². The van der Waals surface area contributed by atoms with E-state index in [-0.39, 0.29) is 24.7 Å². The summed E-state index contributed by atoms with van der Waals surface area (Å²) >= 11 is 2.97. The number of rotatable bonds is 6. The molecule has 0 aromatic carbocycles. The molecular formula is C9H13BrF3NO3. The quantitative estimate of drug-likeness (QED) is 0.553. The molecular weight excluding hydrogens is 307 g/mol. The van der Waals surface area contributed by atoms with Crippen LogP contribution in [0.15, 0.2) is 0 Å². The first-order valence-corrected chi connectivity index (χ1v) is 5.89. The van der Waals surface area contributed by atoms with Gasteiger partial charge in [0.2, 0.25) is 5.91 Å². The predicted octanol–water partition coefficient (Wildman–Crippen LogP) is 1.73. The maximum atomic E-state index is 12.2. The van der Waals surface area contributed by atoms with E-state index < -0.39 is 24.6 Å². The highest BCUT2D eigenvalue weighted by molar-refractivity contribution is 9.09. The van der Waals surface area contributed by atoms with Crippen LogP contribution in [0.4, 0.5) is 13.2 Å². The summed E-state index contributed by atoms with van der Waals surface area (Å²) in [5.74, 6) is -1.30. The number of hydrogen-bond acceptors (Lipinski definition) is 3. The van der Waals surface area contributed by atoms with Crippen molar-refractivity contribution < 1.29 is 27.5 Å². The molecule has 0 aliphatic heterocycles. The molecule has 0 aliphatic rings. The Kier molecular flexibility index (Phi) is 7.17. The van der Waals surface area contributed by atoms with Gasteiger partial charge in [-0.2, -0.15) is 13.2 Å². The summed E-state index contributed by atoms with van der Waals surface area (Å²) in [5.41, 5.74) is 0. The van der Waals surface area contributed by atoms with Crippen molar-refractivity contribution in [2.24, 2.45) is 0 Å². The van der Waals surface area contributed by atoms with E-state index in [0.29, 0.717) is 4.90 Å². The van der Waals surface area contributed by atoms with Crippen LogP contribution in [-0.2, 0) is 14.3 Å². The molecule has 100 valence electrons. The van der Waals surface area contributed by atoms with Gasteiger partial charge in [0.25, 0.3) is 0 Å². The Hall–Kier alpha value is -0.790. The maximum Gasteiger partial charge on any atom is 0.406 e. The van der Waals surface area contributed by atoms with Crippen LogP contribution in [0, 0.1) is 0 Å². The van der Waals surface area contributed by atoms with Crippen LogP contribution >= 0.6 is 15.9 Å². The Morgan fingerprint density at radius 1 is 1.29 bits per heavy atom. The summed E-state index contributed by atoms with van der Waals surface area (Å²) < 4.78 is 40.9. The van der Waals surface area contributed by atoms with E-state index in [1.165, 1.54) is 0 Å². The van der Waals surface area contributed by atoms with E-state index in [9.17, 15) is 22.8 Å². The van der Waals surface area contributed by atoms with E-state index in [1.807, 2.05) is 0 Å². The lowest BCUT2D eigenvalue weighted by molar-refractivity contribution is -0.162. The molecule has 0 rings (SSSR count). The highest BCUT2D eigenvalue weighted by atomic mass is 79.9. The highest BCUT2D eigenvalue weighted by Crippen LogP contribution is 2.17. The van der Waals surface area contributed by atoms with E-state index in [1.54, 1.807) is 0 Å². The second-order valence-corrected chi connectivity index (χ2v) is 3.99. The predicted molar refractivity (Wildman–Crippen MR) is 57.7 cm³/mol. The van der Waals surface area contributed by atoms with Gasteiger partial charge in [-0.05, 0) is 0 Å². The third kappa shape index (κ3) is 8.00. The zero-order chi connectivity index (χ0) is 13.5. The Labute approximate surface area is 105 Å². The molecule has 0 saturated heterocycles. The van der Waals surface area contributed by atoms with Crippen molar-refractivity contribution in [2.45, 2.75) is 19.0 Å². The Morgan fingerprint density at radius 3 is 2.29 bits per heavy atom. The fourth-order valence-corrected chi connectivity index (χ4v) is 1.41. The molecule has 0 saturated carbocycles. The minimum Gasteiger partial charge on any atom is -0.469 e. The van der Waals surface area contributed by atoms with Gasteiger partial charge >= 0.3 is 12.1 Å². The average molecular weight is 320 g/mol. The minimum absolute atomic E-state index is 0.0444. The Morgan fingerprint density at radius 2 is 1.88 bits per heavy atom. The van der Waals surface area contributed by atoms with Gasteiger partial charge in [-0.15, -0.1) is 0 Å². The molecule has 0 aromatic heterocycles. The number of esters is 1. The molecule has 0 bridgehead atoms. The van der Waals surface area contributed by atoms with E-state index in [2.05, 4.69) is 20.7 Å². The first-order valence-electron chi connectivity index (χ1n) is 4.77. The number of carbonyl (C=O) groups is 2. The van der Waals surface area contributed by atoms with Gasteiger partial charge in [0.15, 0.2) is 0 Å². The molecule has 8 heteroatoms. The summed E-state index contributed by atoms with van der Waals surface area (Å²) in [6.07, 6.45) is -4.77. The first-order chi connectivity index (χ1) is 7.80. The number of halogens is 4. The summed E-state index contributed by atoms with van der Waals surface area (Å²) in [6, 6.07) is 0. The molecule has 1 amide bonds. The molecule has 0 aliphatic carbocycles. The zero-order valence-electron chi connectivity index (χ0n) is 9.22. The van der Waals surface area contributed by atoms with Crippen molar-refractivity contribution in [3.63, 3.8) is 0 Å². The molecule has 0 fully saturated rings. The van der Waals surface area contributed by atoms with Crippen molar-refractivity contribution in [1.82, 2.24) is 4.90 Å². The van der Waals surface area contributed by atoms with Gasteiger partial charge in [0.1, 0.15) is 6.54 Å². The molecule has 0 N–H and O–H groups in total. The van der Waals surface area contributed by atoms with Crippen LogP contribution in [0.2, 0.25) is 0 Å². The van der Waals surface area contributed by atoms with Gasteiger partial charge in [0, 0.05) is 18.3 Å². The summed E-state index contributed by atoms with van der Waals surface area (Å²) in [4.78, 5) is 22.8. The van der Waals surface area contributed by atoms with E-state index >= 15 is 0 Å². The third-order valence-electron chi connectivity index (χ3n) is 1.84. The number of hydrogen-bond donors (Lipinski definition) is 0. The summed E-state index contributed by atoms with van der Waals surface area (Å²) in [6.45, 7) is -1.64. The van der Waals surface area contributed by atoms with Crippen LogP contribution in [0.1, 0.15) is 12.8 Å². The fourth-order valence-electron chi connectivity index (χ4n) is 1.08. The minimum atomic E-state index is -4.47. The normalized spacial score (nSPS) is 11.1. The van der Waals surface area contributed by atoms with Crippen LogP contribution in [-0.4, -0.2) is 48.5 Å². The summed E-state index contributed by atoms with van der Waals surface area (Å²) in [5, 5.41) is 0.276. The molecule has 0 spiro atoms. The number of nitrogens with zero attached hydrogens (tertiary/aromatic N) is 1. The first kappa shape index (κ1) is 16.2. The number of carbonyl (C=O) groups excluding carboxylic acids is 2. The van der Waals surface area contributed by atoms with Crippen LogP contribution in [0.25, 0.3) is 0 Å². The SMILES string of the molecule is COC(=O)CCN(CC(F)(F)F)C(=O)CCBr. The smallest absolute Gasteiger partial charge is 0.406 e. The van der Waals surface area contributed by atoms with Gasteiger partial charge in [-0.25, -0.2) is 0 Å². The number of methoxy groups -OCH3 is 1. The lowest BCUT2D eigenvalue weighted by Gasteiger charge is -2.23. The molecule has 0 heterocycles. The highest BCUT2D eigenvalue weighted by Gasteiger charge is 2.32. The monoisotopic (exact) mass is 319 g/mol. The summed E-state index contributed by atoms with van der Waals surface area (Å²) in [7, 11) is 1.14. The second kappa shape index (κ2) is 7.52. The van der Waals surface area contributed by atoms with E-state index in [0.717, 1.165) is 7.11 Å². The van der Waals surface area contributed by atoms with Crippen molar-refractivity contribution in [3.05, 3.63) is 0 Å². The van der Waals surface area contributed by atoms with Gasteiger partial charge in [-0.3, -0.25) is 9.59 Å². The van der Waals surface area contributed by atoms with Crippen molar-refractivity contribution in [1.29, 1.82) is 0 Å². The van der Waals surface area contributed by atoms with Crippen LogP contribution in [0.5, 0.6) is 0 Å². The lowest BCUT2D eigenvalue weighted by Crippen LogP contribution is -2.40. The molecule has 0 aromatic rings. The van der Waals surface area contributed by atoms with Crippen molar-refractivity contribution in [2.75, 3.05) is 25.5 Å². The topological polar surface area (TPSA) is 46.6 Å². The third-order valence-corrected chi connectivity index (χ3v) is 2.24. The number of ether oxygens (including phenoxy) is 1. The van der Waals surface area contributed by atoms with Crippen LogP contribution < -0.4 is 0 Å². The number of alkyl halides is 4. The average Bonchev–Trinajstić information content (AvgIpc) is 2.22. The molecule has 0 unspecified atom stereocenters. The van der Waals surface area contributed by atoms with Gasteiger partial charge in [0.05, 0.1) is 13.5 Å². The van der Waals surface area contributed by atoms with Gasteiger partial charge < -0.3 is 9.64 Å². The molecule has 4 nitrogen and oxygen atoms in total. The zero-order valence-corrected chi connectivity index (χ0v) is 10.8. The fraction of sp³-hybridized carbons (Fsp3) is 0.778. The Bertz CT molecular complexity index is 271. The largest absolute Gasteiger partial charge is 0.469 e. The number of amides is 1. The van der Waals surface area contributed by atoms with Crippen molar-refractivity contribution >= 4 is 27.8 Å². The Balaban J connectivity index is 4.40. The lowest BCUT2D eigenvalue weighted by atomic mass is 10.3. The standard InChI is InChI=1S/C9H13BrF3NO3/c1-17-8(16)3-5-14(6-9(11,12)13)7(15)2-4-10/h2-6H2,1H3. The van der Waals surface area contributed by atoms with E-state index in [4.69, 9.17) is 0 Å².